The molecule has 1 heterocycles. The van der Waals surface area contributed by atoms with Crippen LogP contribution in [0.25, 0.3) is 11.1 Å². The summed E-state index contributed by atoms with van der Waals surface area (Å²) in [5.74, 6) is -1.44. The van der Waals surface area contributed by atoms with E-state index < -0.39 is 18.1 Å². The number of amides is 2. The number of carbonyl (C=O) groups is 3. The number of hydrogen-bond donors (Lipinski definition) is 2. The highest BCUT2D eigenvalue weighted by atomic mass is 16.5. The van der Waals surface area contributed by atoms with Gasteiger partial charge in [0.1, 0.15) is 12.6 Å². The van der Waals surface area contributed by atoms with Gasteiger partial charge in [-0.2, -0.15) is 0 Å². The number of carbonyl (C=O) groups excluding carboxylic acids is 2. The van der Waals surface area contributed by atoms with Gasteiger partial charge in [-0.1, -0.05) is 78.9 Å². The first-order valence-corrected chi connectivity index (χ1v) is 13.8. The Morgan fingerprint density at radius 1 is 0.925 bits per heavy atom. The Hall–Kier alpha value is -4.17. The number of aliphatic carboxylic acids is 1. The van der Waals surface area contributed by atoms with Crippen molar-refractivity contribution in [2.75, 3.05) is 33.3 Å². The Morgan fingerprint density at radius 3 is 2.10 bits per heavy atom. The van der Waals surface area contributed by atoms with Crippen LogP contribution in [0.15, 0.2) is 78.9 Å². The lowest BCUT2D eigenvalue weighted by Gasteiger charge is -2.29. The minimum absolute atomic E-state index is 0.00129. The van der Waals surface area contributed by atoms with Crippen LogP contribution in [-0.4, -0.2) is 72.2 Å². The quantitative estimate of drug-likeness (QED) is 0.429. The molecule has 1 saturated carbocycles. The maximum absolute atomic E-state index is 13.6. The largest absolute Gasteiger partial charge is 0.481 e. The van der Waals surface area contributed by atoms with Gasteiger partial charge in [0.15, 0.2) is 0 Å². The minimum atomic E-state index is -0.815. The highest BCUT2D eigenvalue weighted by Crippen LogP contribution is 2.51. The standard InChI is InChI=1S/C32H33N3O5/c1-34(15-20-9-3-2-4-10-20)18-28(30(36)35-16-25-26(17-35)29(25)31(37)38)33-32(39)40-19-27-23-13-7-5-11-21(23)22-12-6-8-14-24(22)27/h2-14,25-29H,15-19H2,1H3,(H,33,39)(H,37,38). The number of carboxylic acids is 1. The number of fused-ring (bicyclic) bond motifs is 4. The van der Waals surface area contributed by atoms with Crippen LogP contribution in [0.3, 0.4) is 0 Å². The second-order valence-corrected chi connectivity index (χ2v) is 11.1. The first kappa shape index (κ1) is 26.1. The second kappa shape index (κ2) is 10.8. The molecule has 0 spiro atoms. The van der Waals surface area contributed by atoms with Crippen molar-refractivity contribution in [2.24, 2.45) is 17.8 Å². The summed E-state index contributed by atoms with van der Waals surface area (Å²) in [6.07, 6.45) is -0.638. The van der Waals surface area contributed by atoms with E-state index in [9.17, 15) is 19.5 Å². The van der Waals surface area contributed by atoms with Crippen LogP contribution in [0, 0.1) is 17.8 Å². The number of benzene rings is 3. The molecule has 40 heavy (non-hydrogen) atoms. The number of alkyl carbamates (subject to hydrolysis) is 1. The third-order valence-corrected chi connectivity index (χ3v) is 8.51. The third kappa shape index (κ3) is 5.07. The summed E-state index contributed by atoms with van der Waals surface area (Å²) in [6.45, 7) is 1.89. The number of likely N-dealkylation sites (tertiary alicyclic amines) is 1. The Kier molecular flexibility index (Phi) is 7.02. The number of ether oxygens (including phenoxy) is 1. The predicted octanol–water partition coefficient (Wildman–Crippen LogP) is 3.81. The van der Waals surface area contributed by atoms with Gasteiger partial charge >= 0.3 is 12.1 Å². The Balaban J connectivity index is 1.13. The molecule has 2 amide bonds. The molecule has 1 saturated heterocycles. The van der Waals surface area contributed by atoms with E-state index >= 15 is 0 Å². The maximum Gasteiger partial charge on any atom is 0.407 e. The van der Waals surface area contributed by atoms with E-state index in [-0.39, 0.29) is 36.2 Å². The molecular formula is C32H33N3O5. The molecule has 3 unspecified atom stereocenters. The van der Waals surface area contributed by atoms with Crippen molar-refractivity contribution >= 4 is 18.0 Å². The summed E-state index contributed by atoms with van der Waals surface area (Å²) in [6, 6.07) is 25.4. The van der Waals surface area contributed by atoms with E-state index in [1.165, 1.54) is 0 Å². The molecule has 2 fully saturated rings. The number of nitrogens with zero attached hydrogens (tertiary/aromatic N) is 2. The van der Waals surface area contributed by atoms with Gasteiger partial charge in [0.2, 0.25) is 5.91 Å². The van der Waals surface area contributed by atoms with Gasteiger partial charge in [0, 0.05) is 32.1 Å². The summed E-state index contributed by atoms with van der Waals surface area (Å²) in [7, 11) is 1.91. The highest BCUT2D eigenvalue weighted by molar-refractivity contribution is 5.87. The van der Waals surface area contributed by atoms with Gasteiger partial charge in [-0.05, 0) is 46.7 Å². The molecule has 8 nitrogen and oxygen atoms in total. The molecule has 3 aromatic carbocycles. The van der Waals surface area contributed by atoms with E-state index in [4.69, 9.17) is 4.74 Å². The van der Waals surface area contributed by atoms with Crippen LogP contribution in [-0.2, 0) is 20.9 Å². The molecule has 0 aromatic heterocycles. The SMILES string of the molecule is CN(Cc1ccccc1)CC(NC(=O)OCC1c2ccccc2-c2ccccc21)C(=O)N1CC2C(C1)C2C(=O)O. The second-order valence-electron chi connectivity index (χ2n) is 11.1. The maximum atomic E-state index is 13.6. The van der Waals surface area contributed by atoms with Gasteiger partial charge in [-0.25, -0.2) is 4.79 Å². The summed E-state index contributed by atoms with van der Waals surface area (Å²) < 4.78 is 5.74. The van der Waals surface area contributed by atoms with Gasteiger partial charge in [-0.15, -0.1) is 0 Å². The average molecular weight is 540 g/mol. The van der Waals surface area contributed by atoms with Crippen molar-refractivity contribution in [3.05, 3.63) is 95.6 Å². The first-order valence-electron chi connectivity index (χ1n) is 13.8. The molecule has 6 rings (SSSR count). The molecular weight excluding hydrogens is 506 g/mol. The average Bonchev–Trinajstić information content (AvgIpc) is 3.30. The fourth-order valence-corrected chi connectivity index (χ4v) is 6.53. The van der Waals surface area contributed by atoms with Crippen molar-refractivity contribution in [2.45, 2.75) is 18.5 Å². The minimum Gasteiger partial charge on any atom is -0.481 e. The number of carboxylic acid groups (broad SMARTS) is 1. The number of piperidine rings is 1. The van der Waals surface area contributed by atoms with Crippen LogP contribution in [0.2, 0.25) is 0 Å². The fourth-order valence-electron chi connectivity index (χ4n) is 6.53. The van der Waals surface area contributed by atoms with Crippen LogP contribution < -0.4 is 5.32 Å². The lowest BCUT2D eigenvalue weighted by Crippen LogP contribution is -2.53. The summed E-state index contributed by atoms with van der Waals surface area (Å²) in [5.41, 5.74) is 5.64. The van der Waals surface area contributed by atoms with Crippen LogP contribution in [0.1, 0.15) is 22.6 Å². The van der Waals surface area contributed by atoms with E-state index in [1.807, 2.05) is 66.5 Å². The van der Waals surface area contributed by atoms with Gasteiger partial charge in [-0.3, -0.25) is 14.5 Å². The normalized spacial score (nSPS) is 21.4. The number of hydrogen-bond acceptors (Lipinski definition) is 5. The first-order chi connectivity index (χ1) is 19.4. The molecule has 1 aliphatic heterocycles. The van der Waals surface area contributed by atoms with E-state index in [2.05, 4.69) is 29.6 Å². The van der Waals surface area contributed by atoms with E-state index in [0.29, 0.717) is 26.2 Å². The van der Waals surface area contributed by atoms with Crippen molar-refractivity contribution < 1.29 is 24.2 Å². The summed E-state index contributed by atoms with van der Waals surface area (Å²) in [4.78, 5) is 41.8. The zero-order valence-corrected chi connectivity index (χ0v) is 22.4. The Bertz CT molecular complexity index is 1370. The third-order valence-electron chi connectivity index (χ3n) is 8.51. The van der Waals surface area contributed by atoms with E-state index in [1.54, 1.807) is 4.90 Å². The molecule has 0 bridgehead atoms. The van der Waals surface area contributed by atoms with Crippen LogP contribution in [0.5, 0.6) is 0 Å². The predicted molar refractivity (Wildman–Crippen MR) is 149 cm³/mol. The van der Waals surface area contributed by atoms with Crippen molar-refractivity contribution in [3.63, 3.8) is 0 Å². The Labute approximate surface area is 233 Å². The van der Waals surface area contributed by atoms with Crippen molar-refractivity contribution in [1.29, 1.82) is 0 Å². The van der Waals surface area contributed by atoms with Gasteiger partial charge in [0.05, 0.1) is 5.92 Å². The molecule has 3 atom stereocenters. The zero-order valence-electron chi connectivity index (χ0n) is 22.4. The van der Waals surface area contributed by atoms with Gasteiger partial charge in [0.25, 0.3) is 0 Å². The highest BCUT2D eigenvalue weighted by Gasteiger charge is 2.60. The van der Waals surface area contributed by atoms with E-state index in [0.717, 1.165) is 27.8 Å². The molecule has 206 valence electrons. The molecule has 2 aliphatic carbocycles. The van der Waals surface area contributed by atoms with Crippen LogP contribution in [0.4, 0.5) is 4.79 Å². The molecule has 3 aliphatic rings. The summed E-state index contributed by atoms with van der Waals surface area (Å²) >= 11 is 0. The fraction of sp³-hybridized carbons (Fsp3) is 0.344. The van der Waals surface area contributed by atoms with Crippen LogP contribution >= 0.6 is 0 Å². The Morgan fingerprint density at radius 2 is 1.50 bits per heavy atom. The topological polar surface area (TPSA) is 99.2 Å². The lowest BCUT2D eigenvalue weighted by atomic mass is 9.98. The molecule has 0 radical (unpaired) electrons. The zero-order chi connectivity index (χ0) is 27.8. The number of rotatable bonds is 9. The van der Waals surface area contributed by atoms with Gasteiger partial charge < -0.3 is 20.1 Å². The lowest BCUT2D eigenvalue weighted by molar-refractivity contribution is -0.141. The summed E-state index contributed by atoms with van der Waals surface area (Å²) in [5, 5.41) is 12.2. The molecule has 2 N–H and O–H groups in total. The monoisotopic (exact) mass is 539 g/mol. The molecule has 8 heteroatoms. The number of likely N-dealkylation sites (N-methyl/N-ethyl adjacent to an activating group) is 1. The smallest absolute Gasteiger partial charge is 0.407 e. The van der Waals surface area contributed by atoms with Crippen molar-refractivity contribution in [3.8, 4) is 11.1 Å². The number of nitrogens with one attached hydrogen (secondary N) is 1. The molecule has 3 aromatic rings. The van der Waals surface area contributed by atoms with Crippen molar-refractivity contribution in [1.82, 2.24) is 15.1 Å².